The van der Waals surface area contributed by atoms with E-state index in [9.17, 15) is 13.2 Å². The van der Waals surface area contributed by atoms with Gasteiger partial charge in [0.05, 0.1) is 10.6 Å². The van der Waals surface area contributed by atoms with Crippen LogP contribution in [0.5, 0.6) is 0 Å². The summed E-state index contributed by atoms with van der Waals surface area (Å²) in [5.74, 6) is -0.160. The Hall–Kier alpha value is -4.10. The van der Waals surface area contributed by atoms with Crippen LogP contribution < -0.4 is 9.62 Å². The zero-order valence-electron chi connectivity index (χ0n) is 20.9. The first-order valence-corrected chi connectivity index (χ1v) is 13.6. The number of carbonyl (C=O) groups excluding carboxylic acids is 1. The molecule has 37 heavy (non-hydrogen) atoms. The van der Waals surface area contributed by atoms with Crippen molar-refractivity contribution in [3.8, 4) is 0 Å². The Morgan fingerprint density at radius 2 is 1.54 bits per heavy atom. The normalized spacial score (nSPS) is 11.8. The molecule has 7 heteroatoms. The molecule has 0 aliphatic heterocycles. The summed E-state index contributed by atoms with van der Waals surface area (Å²) < 4.78 is 34.4. The van der Waals surface area contributed by atoms with E-state index in [1.54, 1.807) is 48.5 Å². The molecule has 4 aromatic carbocycles. The maximum atomic E-state index is 13.7. The number of furan rings is 1. The Morgan fingerprint density at radius 3 is 2.24 bits per heavy atom. The van der Waals surface area contributed by atoms with E-state index in [0.717, 1.165) is 31.8 Å². The zero-order valence-corrected chi connectivity index (χ0v) is 21.7. The molecule has 0 aliphatic rings. The van der Waals surface area contributed by atoms with Crippen molar-refractivity contribution in [1.29, 1.82) is 0 Å². The van der Waals surface area contributed by atoms with Crippen LogP contribution >= 0.6 is 0 Å². The monoisotopic (exact) mass is 512 g/mol. The van der Waals surface area contributed by atoms with Crippen LogP contribution in [0.4, 0.5) is 11.4 Å². The average Bonchev–Trinajstić information content (AvgIpc) is 3.25. The fourth-order valence-corrected chi connectivity index (χ4v) is 5.73. The molecular formula is C30H28N2O4S. The quantitative estimate of drug-likeness (QED) is 0.259. The molecule has 0 bridgehead atoms. The minimum absolute atomic E-state index is 0.127. The number of anilines is 2. The van der Waals surface area contributed by atoms with Gasteiger partial charge in [0.25, 0.3) is 10.0 Å². The van der Waals surface area contributed by atoms with Crippen molar-refractivity contribution in [3.63, 3.8) is 0 Å². The SMILES string of the molecule is Cc1ccc(S(=O)(=O)N(CC(=O)Nc2ccc3c(c2)oc2ccccc23)c2ccc(C(C)C)cc2)cc1. The van der Waals surface area contributed by atoms with E-state index in [1.807, 2.05) is 49.4 Å². The third-order valence-corrected chi connectivity index (χ3v) is 8.19. The third-order valence-electron chi connectivity index (χ3n) is 6.41. The van der Waals surface area contributed by atoms with Gasteiger partial charge in [-0.15, -0.1) is 0 Å². The van der Waals surface area contributed by atoms with E-state index in [0.29, 0.717) is 22.9 Å². The lowest BCUT2D eigenvalue weighted by atomic mass is 10.0. The van der Waals surface area contributed by atoms with Gasteiger partial charge in [0.15, 0.2) is 0 Å². The lowest BCUT2D eigenvalue weighted by molar-refractivity contribution is -0.114. The first-order valence-electron chi connectivity index (χ1n) is 12.1. The van der Waals surface area contributed by atoms with Crippen LogP contribution in [0.2, 0.25) is 0 Å². The van der Waals surface area contributed by atoms with Gasteiger partial charge in [-0.2, -0.15) is 0 Å². The van der Waals surface area contributed by atoms with Gasteiger partial charge in [0.2, 0.25) is 5.91 Å². The zero-order chi connectivity index (χ0) is 26.2. The topological polar surface area (TPSA) is 79.6 Å². The molecule has 6 nitrogen and oxygen atoms in total. The van der Waals surface area contributed by atoms with Crippen LogP contribution in [-0.2, 0) is 14.8 Å². The first-order chi connectivity index (χ1) is 17.7. The lowest BCUT2D eigenvalue weighted by Gasteiger charge is -2.24. The van der Waals surface area contributed by atoms with Crippen molar-refractivity contribution in [2.45, 2.75) is 31.6 Å². The predicted molar refractivity (Wildman–Crippen MR) is 149 cm³/mol. The summed E-state index contributed by atoms with van der Waals surface area (Å²) in [5, 5.41) is 4.78. The molecule has 188 valence electrons. The standard InChI is InChI=1S/C30H28N2O4S/c1-20(2)22-10-13-24(14-11-22)32(37(34,35)25-15-8-21(3)9-16-25)19-30(33)31-23-12-17-27-26-6-4-5-7-28(26)36-29(27)18-23/h4-18,20H,19H2,1-3H3,(H,31,33). The summed E-state index contributed by atoms with van der Waals surface area (Å²) in [6.45, 7) is 5.66. The minimum Gasteiger partial charge on any atom is -0.456 e. The van der Waals surface area contributed by atoms with Gasteiger partial charge in [-0.1, -0.05) is 61.9 Å². The van der Waals surface area contributed by atoms with Gasteiger partial charge in [0.1, 0.15) is 17.7 Å². The van der Waals surface area contributed by atoms with E-state index in [-0.39, 0.29) is 11.4 Å². The Kier molecular flexibility index (Phi) is 6.48. The van der Waals surface area contributed by atoms with Crippen molar-refractivity contribution >= 4 is 49.2 Å². The summed E-state index contributed by atoms with van der Waals surface area (Å²) in [7, 11) is -3.99. The van der Waals surface area contributed by atoms with E-state index < -0.39 is 15.9 Å². The summed E-state index contributed by atoms with van der Waals surface area (Å²) in [4.78, 5) is 13.3. The first kappa shape index (κ1) is 24.6. The Balaban J connectivity index is 1.45. The molecule has 1 amide bonds. The van der Waals surface area contributed by atoms with Gasteiger partial charge in [-0.25, -0.2) is 8.42 Å². The molecule has 0 unspecified atom stereocenters. The summed E-state index contributed by atoms with van der Waals surface area (Å²) in [6.07, 6.45) is 0. The molecule has 0 saturated carbocycles. The highest BCUT2D eigenvalue weighted by molar-refractivity contribution is 7.92. The fourth-order valence-electron chi connectivity index (χ4n) is 4.31. The van der Waals surface area contributed by atoms with Crippen molar-refractivity contribution in [2.75, 3.05) is 16.2 Å². The highest BCUT2D eigenvalue weighted by Crippen LogP contribution is 2.31. The molecule has 0 spiro atoms. The van der Waals surface area contributed by atoms with Gasteiger partial charge >= 0.3 is 0 Å². The van der Waals surface area contributed by atoms with Crippen LogP contribution in [-0.4, -0.2) is 20.9 Å². The smallest absolute Gasteiger partial charge is 0.264 e. The molecule has 0 atom stereocenters. The van der Waals surface area contributed by atoms with Crippen molar-refractivity contribution in [2.24, 2.45) is 0 Å². The second-order valence-corrected chi connectivity index (χ2v) is 11.3. The largest absolute Gasteiger partial charge is 0.456 e. The molecule has 1 heterocycles. The number of carbonyl (C=O) groups is 1. The highest BCUT2D eigenvalue weighted by Gasteiger charge is 2.27. The number of benzene rings is 4. The summed E-state index contributed by atoms with van der Waals surface area (Å²) in [6, 6.07) is 27.1. The van der Waals surface area contributed by atoms with Gasteiger partial charge < -0.3 is 9.73 Å². The maximum absolute atomic E-state index is 13.7. The number of nitrogens with one attached hydrogen (secondary N) is 1. The number of sulfonamides is 1. The summed E-state index contributed by atoms with van der Waals surface area (Å²) in [5.41, 5.74) is 4.39. The second-order valence-electron chi connectivity index (χ2n) is 9.43. The van der Waals surface area contributed by atoms with Gasteiger partial charge in [-0.05, 0) is 60.9 Å². The number of nitrogens with zero attached hydrogens (tertiary/aromatic N) is 1. The predicted octanol–water partition coefficient (Wildman–Crippen LogP) is 6.85. The van der Waals surface area contributed by atoms with E-state index >= 15 is 0 Å². The number of para-hydroxylation sites is 1. The van der Waals surface area contributed by atoms with Crippen LogP contribution in [0.3, 0.4) is 0 Å². The molecule has 1 N–H and O–H groups in total. The Labute approximate surface area is 216 Å². The van der Waals surface area contributed by atoms with Crippen molar-refractivity contribution in [1.82, 2.24) is 0 Å². The van der Waals surface area contributed by atoms with Crippen molar-refractivity contribution in [3.05, 3.63) is 102 Å². The molecule has 5 aromatic rings. The highest BCUT2D eigenvalue weighted by atomic mass is 32.2. The molecule has 1 aromatic heterocycles. The van der Waals surface area contributed by atoms with Crippen molar-refractivity contribution < 1.29 is 17.6 Å². The number of hydrogen-bond donors (Lipinski definition) is 1. The second kappa shape index (κ2) is 9.75. The minimum atomic E-state index is -3.99. The molecule has 0 aliphatic carbocycles. The van der Waals surface area contributed by atoms with E-state index in [1.165, 1.54) is 0 Å². The summed E-state index contributed by atoms with van der Waals surface area (Å²) >= 11 is 0. The molecule has 0 saturated heterocycles. The number of amides is 1. The average molecular weight is 513 g/mol. The van der Waals surface area contributed by atoms with Gasteiger partial charge in [-0.3, -0.25) is 9.10 Å². The van der Waals surface area contributed by atoms with Gasteiger partial charge in [0, 0.05) is 22.5 Å². The van der Waals surface area contributed by atoms with Crippen LogP contribution in [0.1, 0.15) is 30.9 Å². The maximum Gasteiger partial charge on any atom is 0.264 e. The number of fused-ring (bicyclic) bond motifs is 3. The molecule has 0 radical (unpaired) electrons. The molecular weight excluding hydrogens is 484 g/mol. The van der Waals surface area contributed by atoms with Crippen LogP contribution in [0.15, 0.2) is 100 Å². The fraction of sp³-hybridized carbons (Fsp3) is 0.167. The third kappa shape index (κ3) is 4.95. The number of hydrogen-bond acceptors (Lipinski definition) is 4. The Morgan fingerprint density at radius 1 is 0.865 bits per heavy atom. The lowest BCUT2D eigenvalue weighted by Crippen LogP contribution is -2.38. The van der Waals surface area contributed by atoms with Crippen LogP contribution in [0, 0.1) is 6.92 Å². The van der Waals surface area contributed by atoms with E-state index in [2.05, 4.69) is 19.2 Å². The van der Waals surface area contributed by atoms with E-state index in [4.69, 9.17) is 4.42 Å². The number of rotatable bonds is 7. The molecule has 0 fully saturated rings. The molecule has 5 rings (SSSR count). The van der Waals surface area contributed by atoms with Crippen LogP contribution in [0.25, 0.3) is 21.9 Å². The number of aryl methyl sites for hydroxylation is 1. The Bertz CT molecular complexity index is 1690.